The van der Waals surface area contributed by atoms with Crippen molar-refractivity contribution in [3.63, 3.8) is 0 Å². The van der Waals surface area contributed by atoms with Crippen molar-refractivity contribution >= 4 is 0 Å². The molecule has 2 heterocycles. The number of rotatable bonds is 4. The Morgan fingerprint density at radius 2 is 2.21 bits per heavy atom. The molecule has 0 radical (unpaired) electrons. The van der Waals surface area contributed by atoms with E-state index < -0.39 is 0 Å². The summed E-state index contributed by atoms with van der Waals surface area (Å²) >= 11 is 0. The largest absolute Gasteiger partial charge is 0.378 e. The molecule has 2 saturated heterocycles. The van der Waals surface area contributed by atoms with Crippen molar-refractivity contribution < 1.29 is 4.74 Å². The molecule has 0 bridgehead atoms. The Hall–Kier alpha value is -0.120. The molecule has 2 rings (SSSR count). The number of hydrogen-bond acceptors (Lipinski definition) is 3. The maximum Gasteiger partial charge on any atom is 0.0645 e. The molecule has 14 heavy (non-hydrogen) atoms. The van der Waals surface area contributed by atoms with Crippen molar-refractivity contribution in [1.29, 1.82) is 0 Å². The summed E-state index contributed by atoms with van der Waals surface area (Å²) in [4.78, 5) is 2.55. The van der Waals surface area contributed by atoms with E-state index in [-0.39, 0.29) is 0 Å². The first-order chi connectivity index (χ1) is 6.79. The Morgan fingerprint density at radius 3 is 2.64 bits per heavy atom. The second-order valence-electron chi connectivity index (χ2n) is 4.72. The van der Waals surface area contributed by atoms with Crippen LogP contribution in [0.1, 0.15) is 20.3 Å². The first-order valence-corrected chi connectivity index (χ1v) is 5.84. The molecule has 2 fully saturated rings. The van der Waals surface area contributed by atoms with Gasteiger partial charge in [0, 0.05) is 12.6 Å². The van der Waals surface area contributed by atoms with Gasteiger partial charge in [0.2, 0.25) is 0 Å². The molecule has 0 aromatic heterocycles. The summed E-state index contributed by atoms with van der Waals surface area (Å²) in [6.07, 6.45) is 1.34. The second kappa shape index (κ2) is 4.60. The molecule has 0 aromatic carbocycles. The zero-order valence-corrected chi connectivity index (χ0v) is 9.33. The van der Waals surface area contributed by atoms with Gasteiger partial charge in [0.1, 0.15) is 0 Å². The molecule has 3 nitrogen and oxygen atoms in total. The zero-order chi connectivity index (χ0) is 9.97. The zero-order valence-electron chi connectivity index (χ0n) is 9.33. The number of hydrogen-bond donors (Lipinski definition) is 1. The first kappa shape index (κ1) is 10.4. The van der Waals surface area contributed by atoms with E-state index in [2.05, 4.69) is 24.1 Å². The molecule has 0 aliphatic carbocycles. The standard InChI is InChI=1S/C11H22N2O/c1-3-13(11-7-14-8-11)6-10-4-9(2)5-12-10/h9-12H,3-8H2,1-2H3. The van der Waals surface area contributed by atoms with E-state index in [1.807, 2.05) is 0 Å². The van der Waals surface area contributed by atoms with E-state index in [4.69, 9.17) is 4.74 Å². The van der Waals surface area contributed by atoms with Gasteiger partial charge in [-0.1, -0.05) is 13.8 Å². The van der Waals surface area contributed by atoms with Crippen LogP contribution in [-0.4, -0.2) is 49.8 Å². The predicted octanol–water partition coefficient (Wildman–Crippen LogP) is 0.705. The van der Waals surface area contributed by atoms with Gasteiger partial charge in [-0.3, -0.25) is 4.90 Å². The van der Waals surface area contributed by atoms with Gasteiger partial charge in [-0.2, -0.15) is 0 Å². The minimum Gasteiger partial charge on any atom is -0.378 e. The van der Waals surface area contributed by atoms with Crippen molar-refractivity contribution in [2.45, 2.75) is 32.4 Å². The SMILES string of the molecule is CCN(CC1CC(C)CN1)C1COC1. The average molecular weight is 198 g/mol. The lowest BCUT2D eigenvalue weighted by atomic mass is 10.1. The molecule has 0 spiro atoms. The molecular formula is C11H22N2O. The number of nitrogens with one attached hydrogen (secondary N) is 1. The normalized spacial score (nSPS) is 33.6. The van der Waals surface area contributed by atoms with Crippen LogP contribution >= 0.6 is 0 Å². The van der Waals surface area contributed by atoms with Gasteiger partial charge in [-0.25, -0.2) is 0 Å². The number of nitrogens with zero attached hydrogens (tertiary/aromatic N) is 1. The van der Waals surface area contributed by atoms with Crippen LogP contribution < -0.4 is 5.32 Å². The van der Waals surface area contributed by atoms with E-state index >= 15 is 0 Å². The summed E-state index contributed by atoms with van der Waals surface area (Å²) in [6, 6.07) is 1.41. The lowest BCUT2D eigenvalue weighted by Gasteiger charge is -2.38. The van der Waals surface area contributed by atoms with Crippen molar-refractivity contribution in [3.05, 3.63) is 0 Å². The Balaban J connectivity index is 1.76. The van der Waals surface area contributed by atoms with Gasteiger partial charge in [-0.15, -0.1) is 0 Å². The van der Waals surface area contributed by atoms with Crippen LogP contribution in [0.25, 0.3) is 0 Å². The maximum absolute atomic E-state index is 5.24. The third kappa shape index (κ3) is 2.27. The van der Waals surface area contributed by atoms with Crippen LogP contribution in [0, 0.1) is 5.92 Å². The summed E-state index contributed by atoms with van der Waals surface area (Å²) in [5.41, 5.74) is 0. The summed E-state index contributed by atoms with van der Waals surface area (Å²) < 4.78 is 5.24. The molecule has 0 amide bonds. The lowest BCUT2D eigenvalue weighted by molar-refractivity contribution is -0.0651. The highest BCUT2D eigenvalue weighted by molar-refractivity contribution is 4.85. The fourth-order valence-corrected chi connectivity index (χ4v) is 2.41. The highest BCUT2D eigenvalue weighted by Gasteiger charge is 2.29. The van der Waals surface area contributed by atoms with E-state index in [0.29, 0.717) is 12.1 Å². The Kier molecular flexibility index (Phi) is 3.42. The summed E-state index contributed by atoms with van der Waals surface area (Å²) in [6.45, 7) is 10.0. The van der Waals surface area contributed by atoms with Crippen molar-refractivity contribution in [2.24, 2.45) is 5.92 Å². The van der Waals surface area contributed by atoms with Crippen molar-refractivity contribution in [2.75, 3.05) is 32.8 Å². The van der Waals surface area contributed by atoms with Crippen molar-refractivity contribution in [1.82, 2.24) is 10.2 Å². The molecular weight excluding hydrogens is 176 g/mol. The Bertz CT molecular complexity index is 182. The van der Waals surface area contributed by atoms with Crippen molar-refractivity contribution in [3.8, 4) is 0 Å². The fraction of sp³-hybridized carbons (Fsp3) is 1.00. The van der Waals surface area contributed by atoms with Crippen LogP contribution in [-0.2, 0) is 4.74 Å². The van der Waals surface area contributed by atoms with Crippen LogP contribution in [0.2, 0.25) is 0 Å². The quantitative estimate of drug-likeness (QED) is 0.720. The van der Waals surface area contributed by atoms with Gasteiger partial charge >= 0.3 is 0 Å². The minimum absolute atomic E-state index is 0.692. The molecule has 2 unspecified atom stereocenters. The maximum atomic E-state index is 5.24. The van der Waals surface area contributed by atoms with Gasteiger partial charge in [0.15, 0.2) is 0 Å². The lowest BCUT2D eigenvalue weighted by Crippen LogP contribution is -2.52. The first-order valence-electron chi connectivity index (χ1n) is 5.84. The molecule has 0 saturated carbocycles. The third-order valence-electron chi connectivity index (χ3n) is 3.44. The van der Waals surface area contributed by atoms with Gasteiger partial charge in [0.25, 0.3) is 0 Å². The Labute approximate surface area is 86.8 Å². The van der Waals surface area contributed by atoms with Crippen LogP contribution in [0.4, 0.5) is 0 Å². The summed E-state index contributed by atoms with van der Waals surface area (Å²) in [5.74, 6) is 0.858. The van der Waals surface area contributed by atoms with Crippen LogP contribution in [0.5, 0.6) is 0 Å². The number of likely N-dealkylation sites (N-methyl/N-ethyl adjacent to an activating group) is 1. The molecule has 1 N–H and O–H groups in total. The molecule has 0 aromatic rings. The van der Waals surface area contributed by atoms with Gasteiger partial charge in [0.05, 0.1) is 19.3 Å². The molecule has 2 aliphatic heterocycles. The monoisotopic (exact) mass is 198 g/mol. The molecule has 2 aliphatic rings. The highest BCUT2D eigenvalue weighted by Crippen LogP contribution is 2.17. The highest BCUT2D eigenvalue weighted by atomic mass is 16.5. The van der Waals surface area contributed by atoms with E-state index in [1.165, 1.54) is 19.5 Å². The summed E-state index contributed by atoms with van der Waals surface area (Å²) in [7, 11) is 0. The molecule has 2 atom stereocenters. The van der Waals surface area contributed by atoms with Gasteiger partial charge in [-0.05, 0) is 25.4 Å². The van der Waals surface area contributed by atoms with E-state index in [9.17, 15) is 0 Å². The Morgan fingerprint density at radius 1 is 1.43 bits per heavy atom. The smallest absolute Gasteiger partial charge is 0.0645 e. The number of ether oxygens (including phenoxy) is 1. The van der Waals surface area contributed by atoms with E-state index in [1.54, 1.807) is 0 Å². The predicted molar refractivity (Wildman–Crippen MR) is 57.4 cm³/mol. The second-order valence-corrected chi connectivity index (χ2v) is 4.72. The minimum atomic E-state index is 0.692. The topological polar surface area (TPSA) is 24.5 Å². The third-order valence-corrected chi connectivity index (χ3v) is 3.44. The summed E-state index contributed by atoms with van der Waals surface area (Å²) in [5, 5.41) is 3.59. The molecule has 3 heteroatoms. The van der Waals surface area contributed by atoms with Crippen LogP contribution in [0.15, 0.2) is 0 Å². The van der Waals surface area contributed by atoms with E-state index in [0.717, 1.165) is 25.7 Å². The van der Waals surface area contributed by atoms with Gasteiger partial charge < -0.3 is 10.1 Å². The molecule has 82 valence electrons. The average Bonchev–Trinajstić information content (AvgIpc) is 2.47. The van der Waals surface area contributed by atoms with Crippen LogP contribution in [0.3, 0.4) is 0 Å². The fourth-order valence-electron chi connectivity index (χ4n) is 2.41.